The van der Waals surface area contributed by atoms with Gasteiger partial charge in [0.25, 0.3) is 5.91 Å². The first-order valence-electron chi connectivity index (χ1n) is 10.9. The van der Waals surface area contributed by atoms with Crippen LogP contribution in [0.1, 0.15) is 38.2 Å². The van der Waals surface area contributed by atoms with Gasteiger partial charge in [0.2, 0.25) is 0 Å². The molecule has 4 rings (SSSR count). The summed E-state index contributed by atoms with van der Waals surface area (Å²) >= 11 is 3.44. The predicted molar refractivity (Wildman–Crippen MR) is 121 cm³/mol. The second-order valence-electron chi connectivity index (χ2n) is 8.66. The number of rotatable bonds is 5. The summed E-state index contributed by atoms with van der Waals surface area (Å²) in [7, 11) is 0. The summed E-state index contributed by atoms with van der Waals surface area (Å²) in [5.41, 5.74) is 1.04. The van der Waals surface area contributed by atoms with E-state index in [0.717, 1.165) is 81.3 Å². The molecular formula is C22H31BrN4O3. The molecule has 1 aliphatic carbocycles. The number of anilines is 1. The minimum atomic E-state index is -0.158. The predicted octanol–water partition coefficient (Wildman–Crippen LogP) is 2.96. The third-order valence-corrected chi connectivity index (χ3v) is 6.87. The first-order valence-corrected chi connectivity index (χ1v) is 11.7. The average Bonchev–Trinajstić information content (AvgIpc) is 2.76. The number of halogens is 1. The van der Waals surface area contributed by atoms with E-state index in [-0.39, 0.29) is 17.7 Å². The Balaban J connectivity index is 1.50. The Morgan fingerprint density at radius 1 is 1.27 bits per heavy atom. The van der Waals surface area contributed by atoms with Gasteiger partial charge >= 0.3 is 0 Å². The lowest BCUT2D eigenvalue weighted by atomic mass is 9.87. The third-order valence-electron chi connectivity index (χ3n) is 6.44. The zero-order valence-electron chi connectivity index (χ0n) is 17.6. The molecule has 0 radical (unpaired) electrons. The van der Waals surface area contributed by atoms with Crippen LogP contribution in [0.2, 0.25) is 0 Å². The zero-order chi connectivity index (χ0) is 21.1. The van der Waals surface area contributed by atoms with Crippen molar-refractivity contribution in [3.63, 3.8) is 0 Å². The lowest BCUT2D eigenvalue weighted by Gasteiger charge is -2.34. The number of nitrogens with one attached hydrogen (secondary N) is 1. The van der Waals surface area contributed by atoms with Crippen LogP contribution in [-0.2, 0) is 9.53 Å². The van der Waals surface area contributed by atoms with Crippen molar-refractivity contribution in [3.8, 4) is 0 Å². The molecule has 164 valence electrons. The van der Waals surface area contributed by atoms with Gasteiger partial charge in [-0.15, -0.1) is 0 Å². The smallest absolute Gasteiger partial charge is 0.253 e. The van der Waals surface area contributed by atoms with Crippen LogP contribution in [0, 0.1) is 5.92 Å². The van der Waals surface area contributed by atoms with Gasteiger partial charge in [0.1, 0.15) is 11.6 Å². The molecule has 2 fully saturated rings. The molecular weight excluding hydrogens is 448 g/mol. The van der Waals surface area contributed by atoms with Crippen molar-refractivity contribution in [2.24, 2.45) is 5.92 Å². The van der Waals surface area contributed by atoms with E-state index in [0.29, 0.717) is 17.7 Å². The van der Waals surface area contributed by atoms with Crippen molar-refractivity contribution in [1.29, 1.82) is 0 Å². The molecule has 0 unspecified atom stereocenters. The fourth-order valence-corrected chi connectivity index (χ4v) is 4.82. The van der Waals surface area contributed by atoms with Gasteiger partial charge in [-0.05, 0) is 53.6 Å². The molecule has 0 aromatic carbocycles. The van der Waals surface area contributed by atoms with E-state index >= 15 is 0 Å². The number of aliphatic hydroxyl groups excluding tert-OH is 1. The number of ether oxygens (including phenoxy) is 1. The van der Waals surface area contributed by atoms with Crippen molar-refractivity contribution in [2.45, 2.75) is 38.6 Å². The molecule has 1 aromatic heterocycles. The van der Waals surface area contributed by atoms with E-state index < -0.39 is 0 Å². The fourth-order valence-electron chi connectivity index (χ4n) is 4.49. The quantitative estimate of drug-likeness (QED) is 0.677. The van der Waals surface area contributed by atoms with Crippen molar-refractivity contribution in [2.75, 3.05) is 50.8 Å². The molecule has 30 heavy (non-hydrogen) atoms. The van der Waals surface area contributed by atoms with E-state index in [1.807, 2.05) is 6.07 Å². The van der Waals surface area contributed by atoms with E-state index in [1.165, 1.54) is 0 Å². The highest BCUT2D eigenvalue weighted by atomic mass is 79.9. The highest BCUT2D eigenvalue weighted by Gasteiger charge is 2.31. The van der Waals surface area contributed by atoms with Crippen molar-refractivity contribution >= 4 is 33.4 Å². The monoisotopic (exact) mass is 478 g/mol. The lowest BCUT2D eigenvalue weighted by Crippen LogP contribution is -2.45. The standard InChI is InChI=1S/C22H31BrN4O3/c1-15-2-4-17(5-3-15)25-22(29)19-14-27(7-6-26-8-10-30-11-9-26)21-18(20(19)28)12-16(23)13-24-21/h12-13,15,17,28H,2-11,14H2,1H3,(H,25,29). The highest BCUT2D eigenvalue weighted by Crippen LogP contribution is 2.34. The maximum atomic E-state index is 13.1. The van der Waals surface area contributed by atoms with Gasteiger partial charge in [-0.3, -0.25) is 9.69 Å². The number of hydrogen-bond acceptors (Lipinski definition) is 6. The van der Waals surface area contributed by atoms with Crippen LogP contribution in [0.4, 0.5) is 5.82 Å². The Morgan fingerprint density at radius 3 is 2.73 bits per heavy atom. The first-order chi connectivity index (χ1) is 14.5. The third kappa shape index (κ3) is 4.98. The number of amides is 1. The Morgan fingerprint density at radius 2 is 2.00 bits per heavy atom. The van der Waals surface area contributed by atoms with Crippen molar-refractivity contribution < 1.29 is 14.6 Å². The summed E-state index contributed by atoms with van der Waals surface area (Å²) in [5, 5.41) is 14.1. The van der Waals surface area contributed by atoms with Gasteiger partial charge in [-0.25, -0.2) is 4.98 Å². The van der Waals surface area contributed by atoms with Crippen LogP contribution in [0.25, 0.3) is 5.76 Å². The lowest BCUT2D eigenvalue weighted by molar-refractivity contribution is -0.118. The largest absolute Gasteiger partial charge is 0.507 e. The number of morpholine rings is 1. The molecule has 2 aliphatic heterocycles. The number of carbonyl (C=O) groups is 1. The fraction of sp³-hybridized carbons (Fsp3) is 0.636. The van der Waals surface area contributed by atoms with Crippen LogP contribution in [-0.4, -0.2) is 72.9 Å². The van der Waals surface area contributed by atoms with Crippen molar-refractivity contribution in [1.82, 2.24) is 15.2 Å². The van der Waals surface area contributed by atoms with E-state index in [1.54, 1.807) is 6.20 Å². The summed E-state index contributed by atoms with van der Waals surface area (Å²) in [4.78, 5) is 22.1. The van der Waals surface area contributed by atoms with Crippen LogP contribution in [0.5, 0.6) is 0 Å². The van der Waals surface area contributed by atoms with Gasteiger partial charge in [-0.2, -0.15) is 0 Å². The van der Waals surface area contributed by atoms with Crippen LogP contribution in [0.15, 0.2) is 22.3 Å². The van der Waals surface area contributed by atoms with Gasteiger partial charge in [0.05, 0.1) is 30.9 Å². The van der Waals surface area contributed by atoms with Gasteiger partial charge in [-0.1, -0.05) is 6.92 Å². The summed E-state index contributed by atoms with van der Waals surface area (Å²) in [6, 6.07) is 2.03. The molecule has 0 bridgehead atoms. The number of aromatic nitrogens is 1. The Bertz CT molecular complexity index is 802. The SMILES string of the molecule is CC1CCC(NC(=O)C2=C(O)c3cc(Br)cnc3N(CCN3CCOCC3)C2)CC1. The van der Waals surface area contributed by atoms with Gasteiger partial charge < -0.3 is 20.1 Å². The number of pyridine rings is 1. The van der Waals surface area contributed by atoms with E-state index in [2.05, 4.69) is 43.0 Å². The number of nitrogens with zero attached hydrogens (tertiary/aromatic N) is 3. The molecule has 0 atom stereocenters. The minimum absolute atomic E-state index is 0.0445. The number of carbonyl (C=O) groups excluding carboxylic acids is 1. The number of fused-ring (bicyclic) bond motifs is 1. The Kier molecular flexibility index (Phi) is 6.95. The normalized spacial score (nSPS) is 25.2. The van der Waals surface area contributed by atoms with Crippen LogP contribution >= 0.6 is 15.9 Å². The molecule has 8 heteroatoms. The van der Waals surface area contributed by atoms with Gasteiger partial charge in [0.15, 0.2) is 0 Å². The summed E-state index contributed by atoms with van der Waals surface area (Å²) in [6.07, 6.45) is 6.03. The molecule has 1 aromatic rings. The molecule has 7 nitrogen and oxygen atoms in total. The first kappa shape index (κ1) is 21.6. The second kappa shape index (κ2) is 9.66. The van der Waals surface area contributed by atoms with Gasteiger partial charge in [0, 0.05) is 42.9 Å². The Hall–Kier alpha value is -1.64. The maximum absolute atomic E-state index is 13.1. The molecule has 3 aliphatic rings. The van der Waals surface area contributed by atoms with Crippen LogP contribution < -0.4 is 10.2 Å². The Labute approximate surface area is 186 Å². The molecule has 1 saturated heterocycles. The van der Waals surface area contributed by atoms with Crippen LogP contribution in [0.3, 0.4) is 0 Å². The minimum Gasteiger partial charge on any atom is -0.507 e. The number of hydrogen-bond donors (Lipinski definition) is 2. The molecule has 1 saturated carbocycles. The molecule has 3 heterocycles. The summed E-state index contributed by atoms with van der Waals surface area (Å²) in [6.45, 7) is 7.61. The highest BCUT2D eigenvalue weighted by molar-refractivity contribution is 9.10. The van der Waals surface area contributed by atoms with E-state index in [9.17, 15) is 9.90 Å². The molecule has 2 N–H and O–H groups in total. The molecule has 0 spiro atoms. The maximum Gasteiger partial charge on any atom is 0.253 e. The average molecular weight is 479 g/mol. The topological polar surface area (TPSA) is 77.9 Å². The zero-order valence-corrected chi connectivity index (χ0v) is 19.2. The second-order valence-corrected chi connectivity index (χ2v) is 9.57. The number of aliphatic hydroxyl groups is 1. The summed E-state index contributed by atoms with van der Waals surface area (Å²) < 4.78 is 6.22. The summed E-state index contributed by atoms with van der Waals surface area (Å²) in [5.74, 6) is 1.34. The van der Waals surface area contributed by atoms with E-state index in [4.69, 9.17) is 4.74 Å². The van der Waals surface area contributed by atoms with Crippen molar-refractivity contribution in [3.05, 3.63) is 27.9 Å². The molecule has 1 amide bonds.